The molecule has 148 valence electrons. The van der Waals surface area contributed by atoms with Crippen molar-refractivity contribution in [3.8, 4) is 0 Å². The van der Waals surface area contributed by atoms with E-state index in [1.165, 1.54) is 32.3 Å². The minimum atomic E-state index is -4.13. The Balaban J connectivity index is 2.53. The highest BCUT2D eigenvalue weighted by atomic mass is 35.5. The second-order valence-electron chi connectivity index (χ2n) is 5.71. The van der Waals surface area contributed by atoms with E-state index in [1.807, 2.05) is 6.92 Å². The van der Waals surface area contributed by atoms with Crippen LogP contribution in [0.25, 0.3) is 0 Å². The van der Waals surface area contributed by atoms with Crippen molar-refractivity contribution in [1.82, 2.24) is 4.31 Å². The van der Waals surface area contributed by atoms with Crippen molar-refractivity contribution in [2.24, 2.45) is 0 Å². The number of hydrogen-bond donors (Lipinski definition) is 2. The maximum atomic E-state index is 13.3. The molecule has 7 nitrogen and oxygen atoms in total. The van der Waals surface area contributed by atoms with Crippen LogP contribution in [0.5, 0.6) is 0 Å². The third-order valence-electron chi connectivity index (χ3n) is 3.58. The quantitative estimate of drug-likeness (QED) is 0.697. The van der Waals surface area contributed by atoms with Gasteiger partial charge in [0, 0.05) is 20.6 Å². The number of nitrogens with zero attached hydrogens (tertiary/aromatic N) is 1. The minimum absolute atomic E-state index is 0.0419. The maximum Gasteiger partial charge on any atom is 0.262 e. The fourth-order valence-electron chi connectivity index (χ4n) is 2.17. The number of anilines is 2. The normalized spacial score (nSPS) is 12.2. The molecular formula is C16H19ClFN3O4S2. The van der Waals surface area contributed by atoms with E-state index in [2.05, 4.69) is 10.0 Å². The highest BCUT2D eigenvalue weighted by molar-refractivity contribution is 7.92. The second kappa shape index (κ2) is 8.01. The molecule has 11 heteroatoms. The molecule has 2 aromatic carbocycles. The van der Waals surface area contributed by atoms with Gasteiger partial charge in [0.1, 0.15) is 5.82 Å². The summed E-state index contributed by atoms with van der Waals surface area (Å²) in [7, 11) is -5.14. The highest BCUT2D eigenvalue weighted by Gasteiger charge is 2.22. The van der Waals surface area contributed by atoms with Crippen LogP contribution in [-0.2, 0) is 20.0 Å². The third-order valence-corrected chi connectivity index (χ3v) is 7.05. The Labute approximate surface area is 163 Å². The van der Waals surface area contributed by atoms with E-state index in [0.717, 1.165) is 22.5 Å². The average Bonchev–Trinajstić information content (AvgIpc) is 2.58. The first-order valence-electron chi connectivity index (χ1n) is 7.77. The lowest BCUT2D eigenvalue weighted by atomic mass is 10.2. The van der Waals surface area contributed by atoms with Gasteiger partial charge in [0.2, 0.25) is 10.0 Å². The molecule has 0 saturated carbocycles. The van der Waals surface area contributed by atoms with Gasteiger partial charge in [-0.2, -0.15) is 0 Å². The lowest BCUT2D eigenvalue weighted by molar-refractivity contribution is 0.521. The van der Waals surface area contributed by atoms with Gasteiger partial charge < -0.3 is 5.32 Å². The molecule has 0 atom stereocenters. The molecule has 2 aromatic rings. The van der Waals surface area contributed by atoms with Crippen LogP contribution in [0, 0.1) is 5.82 Å². The van der Waals surface area contributed by atoms with E-state index >= 15 is 0 Å². The molecule has 0 aliphatic carbocycles. The number of nitrogens with one attached hydrogen (secondary N) is 2. The van der Waals surface area contributed by atoms with Crippen LogP contribution in [-0.4, -0.2) is 41.8 Å². The van der Waals surface area contributed by atoms with E-state index < -0.39 is 25.9 Å². The molecule has 0 radical (unpaired) electrons. The van der Waals surface area contributed by atoms with Gasteiger partial charge in [-0.15, -0.1) is 0 Å². The summed E-state index contributed by atoms with van der Waals surface area (Å²) in [6.45, 7) is 2.29. The first kappa shape index (κ1) is 21.4. The summed E-state index contributed by atoms with van der Waals surface area (Å²) >= 11 is 5.66. The molecule has 0 aliphatic rings. The van der Waals surface area contributed by atoms with Crippen molar-refractivity contribution >= 4 is 43.0 Å². The standard InChI is InChI=1S/C16H19ClFN3O4S2/c1-4-19-15-8-6-12(27(24,25)21(2)3)10-16(15)20-26(22,23)11-5-7-14(18)13(17)9-11/h5-10,19-20H,4H2,1-3H3. The van der Waals surface area contributed by atoms with E-state index in [1.54, 1.807) is 0 Å². The van der Waals surface area contributed by atoms with Crippen molar-refractivity contribution in [3.63, 3.8) is 0 Å². The molecule has 0 amide bonds. The largest absolute Gasteiger partial charge is 0.384 e. The van der Waals surface area contributed by atoms with Gasteiger partial charge >= 0.3 is 0 Å². The van der Waals surface area contributed by atoms with Crippen molar-refractivity contribution in [2.45, 2.75) is 16.7 Å². The molecule has 0 aromatic heterocycles. The van der Waals surface area contributed by atoms with Gasteiger partial charge in [0.25, 0.3) is 10.0 Å². The first-order chi connectivity index (χ1) is 12.5. The monoisotopic (exact) mass is 435 g/mol. The van der Waals surface area contributed by atoms with Gasteiger partial charge in [-0.05, 0) is 43.3 Å². The Kier molecular flexibility index (Phi) is 6.35. The van der Waals surface area contributed by atoms with Crippen LogP contribution in [0.2, 0.25) is 5.02 Å². The first-order valence-corrected chi connectivity index (χ1v) is 11.1. The fourth-order valence-corrected chi connectivity index (χ4v) is 4.44. The molecular weight excluding hydrogens is 417 g/mol. The van der Waals surface area contributed by atoms with Crippen molar-refractivity contribution in [3.05, 3.63) is 47.2 Å². The van der Waals surface area contributed by atoms with E-state index in [0.29, 0.717) is 12.2 Å². The van der Waals surface area contributed by atoms with Crippen LogP contribution in [0.15, 0.2) is 46.2 Å². The number of benzene rings is 2. The molecule has 0 fully saturated rings. The summed E-state index contributed by atoms with van der Waals surface area (Å²) in [5, 5.41) is 2.62. The number of halogens is 2. The Morgan fingerprint density at radius 3 is 2.19 bits per heavy atom. The third kappa shape index (κ3) is 4.70. The minimum Gasteiger partial charge on any atom is -0.384 e. The van der Waals surface area contributed by atoms with Crippen molar-refractivity contribution in [2.75, 3.05) is 30.7 Å². The molecule has 27 heavy (non-hydrogen) atoms. The smallest absolute Gasteiger partial charge is 0.262 e. The van der Waals surface area contributed by atoms with E-state index in [4.69, 9.17) is 11.6 Å². The molecule has 0 unspecified atom stereocenters. The van der Waals surface area contributed by atoms with Gasteiger partial charge in [-0.3, -0.25) is 4.72 Å². The molecule has 0 spiro atoms. The topological polar surface area (TPSA) is 95.6 Å². The van der Waals surface area contributed by atoms with Gasteiger partial charge in [-0.25, -0.2) is 25.5 Å². The maximum absolute atomic E-state index is 13.3. The van der Waals surface area contributed by atoms with Crippen LogP contribution >= 0.6 is 11.6 Å². The summed E-state index contributed by atoms with van der Waals surface area (Å²) in [4.78, 5) is -0.332. The summed E-state index contributed by atoms with van der Waals surface area (Å²) in [5.41, 5.74) is 0.437. The van der Waals surface area contributed by atoms with Gasteiger partial charge in [-0.1, -0.05) is 11.6 Å². The molecule has 0 saturated heterocycles. The van der Waals surface area contributed by atoms with E-state index in [9.17, 15) is 21.2 Å². The highest BCUT2D eigenvalue weighted by Crippen LogP contribution is 2.29. The van der Waals surface area contributed by atoms with Gasteiger partial charge in [0.05, 0.1) is 26.2 Å². The zero-order valence-corrected chi connectivity index (χ0v) is 17.2. The van der Waals surface area contributed by atoms with Crippen molar-refractivity contribution in [1.29, 1.82) is 0 Å². The predicted molar refractivity (Wildman–Crippen MR) is 104 cm³/mol. The Morgan fingerprint density at radius 2 is 1.63 bits per heavy atom. The SMILES string of the molecule is CCNc1ccc(S(=O)(=O)N(C)C)cc1NS(=O)(=O)c1ccc(F)c(Cl)c1. The Bertz CT molecular complexity index is 1060. The van der Waals surface area contributed by atoms with Crippen molar-refractivity contribution < 1.29 is 21.2 Å². The molecule has 0 heterocycles. The molecule has 2 rings (SSSR count). The summed E-state index contributed by atoms with van der Waals surface area (Å²) < 4.78 is 66.6. The number of rotatable bonds is 7. The Morgan fingerprint density at radius 1 is 1.00 bits per heavy atom. The number of sulfonamides is 2. The summed E-state index contributed by atoms with van der Waals surface area (Å²) in [6, 6.07) is 7.05. The lowest BCUT2D eigenvalue weighted by Crippen LogP contribution is -2.22. The summed E-state index contributed by atoms with van der Waals surface area (Å²) in [5.74, 6) is -0.747. The predicted octanol–water partition coefficient (Wildman–Crippen LogP) is 2.96. The van der Waals surface area contributed by atoms with Crippen LogP contribution in [0.1, 0.15) is 6.92 Å². The molecule has 0 aliphatic heterocycles. The summed E-state index contributed by atoms with van der Waals surface area (Å²) in [6.07, 6.45) is 0. The fraction of sp³-hybridized carbons (Fsp3) is 0.250. The molecule has 2 N–H and O–H groups in total. The van der Waals surface area contributed by atoms with E-state index in [-0.39, 0.29) is 20.5 Å². The lowest BCUT2D eigenvalue weighted by Gasteiger charge is -2.17. The van der Waals surface area contributed by atoms with Crippen LogP contribution in [0.3, 0.4) is 0 Å². The zero-order chi connectivity index (χ0) is 20.4. The second-order valence-corrected chi connectivity index (χ2v) is 9.95. The zero-order valence-electron chi connectivity index (χ0n) is 14.8. The van der Waals surface area contributed by atoms with Gasteiger partial charge in [0.15, 0.2) is 0 Å². The number of hydrogen-bond acceptors (Lipinski definition) is 5. The molecule has 0 bridgehead atoms. The van der Waals surface area contributed by atoms with Crippen LogP contribution in [0.4, 0.5) is 15.8 Å². The average molecular weight is 436 g/mol. The Hall–Kier alpha value is -1.88. The van der Waals surface area contributed by atoms with Crippen LogP contribution < -0.4 is 10.0 Å².